The summed E-state index contributed by atoms with van der Waals surface area (Å²) in [6, 6.07) is 4.22. The fraction of sp³-hybridized carbons (Fsp3) is 0.385. The Morgan fingerprint density at radius 3 is 2.62 bits per heavy atom. The Balaban J connectivity index is 2.41. The minimum atomic E-state index is -4.47. The van der Waals surface area contributed by atoms with E-state index in [0.717, 1.165) is 12.1 Å². The summed E-state index contributed by atoms with van der Waals surface area (Å²) in [7, 11) is 1.22. The average molecular weight is 305 g/mol. The van der Waals surface area contributed by atoms with Gasteiger partial charge in [0.15, 0.2) is 6.61 Å². The number of esters is 1. The van der Waals surface area contributed by atoms with E-state index < -0.39 is 30.2 Å². The fourth-order valence-corrected chi connectivity index (χ4v) is 1.37. The van der Waals surface area contributed by atoms with Crippen LogP contribution in [0, 0.1) is 0 Å². The molecule has 0 aliphatic rings. The summed E-state index contributed by atoms with van der Waals surface area (Å²) >= 11 is 0. The second-order valence-corrected chi connectivity index (χ2v) is 3.99. The number of hydrogen-bond acceptors (Lipinski definition) is 4. The van der Waals surface area contributed by atoms with E-state index >= 15 is 0 Å². The van der Waals surface area contributed by atoms with E-state index in [1.54, 1.807) is 0 Å². The lowest BCUT2D eigenvalue weighted by atomic mass is 10.2. The molecule has 0 aromatic heterocycles. The largest absolute Gasteiger partial charge is 0.484 e. The summed E-state index contributed by atoms with van der Waals surface area (Å²) < 4.78 is 46.7. The molecule has 0 aliphatic heterocycles. The van der Waals surface area contributed by atoms with Gasteiger partial charge in [-0.3, -0.25) is 9.59 Å². The highest BCUT2D eigenvalue weighted by atomic mass is 19.4. The Kier molecular flexibility index (Phi) is 6.01. The molecule has 21 heavy (non-hydrogen) atoms. The van der Waals surface area contributed by atoms with E-state index in [-0.39, 0.29) is 18.7 Å². The van der Waals surface area contributed by atoms with Crippen LogP contribution in [-0.2, 0) is 20.5 Å². The van der Waals surface area contributed by atoms with Crippen LogP contribution in [0.3, 0.4) is 0 Å². The van der Waals surface area contributed by atoms with Gasteiger partial charge in [-0.1, -0.05) is 6.07 Å². The van der Waals surface area contributed by atoms with Gasteiger partial charge in [0.25, 0.3) is 5.91 Å². The van der Waals surface area contributed by atoms with Crippen molar-refractivity contribution in [1.29, 1.82) is 0 Å². The number of carbonyl (C=O) groups is 2. The van der Waals surface area contributed by atoms with Gasteiger partial charge in [-0.25, -0.2) is 0 Å². The van der Waals surface area contributed by atoms with Crippen LogP contribution in [0.4, 0.5) is 13.2 Å². The van der Waals surface area contributed by atoms with Crippen molar-refractivity contribution in [1.82, 2.24) is 5.32 Å². The van der Waals surface area contributed by atoms with E-state index in [1.165, 1.54) is 19.2 Å². The molecule has 0 atom stereocenters. The third-order valence-electron chi connectivity index (χ3n) is 2.41. The lowest BCUT2D eigenvalue weighted by molar-refractivity contribution is -0.140. The summed E-state index contributed by atoms with van der Waals surface area (Å²) in [6.07, 6.45) is -4.46. The maximum absolute atomic E-state index is 12.5. The SMILES string of the molecule is COC(=O)CCNC(=O)COc1cccc(C(F)(F)F)c1. The van der Waals surface area contributed by atoms with E-state index in [4.69, 9.17) is 4.74 Å². The van der Waals surface area contributed by atoms with Crippen LogP contribution < -0.4 is 10.1 Å². The summed E-state index contributed by atoms with van der Waals surface area (Å²) in [5.74, 6) is -1.08. The monoisotopic (exact) mass is 305 g/mol. The smallest absolute Gasteiger partial charge is 0.416 e. The number of hydrogen-bond donors (Lipinski definition) is 1. The van der Waals surface area contributed by atoms with Gasteiger partial charge >= 0.3 is 12.1 Å². The average Bonchev–Trinajstić information content (AvgIpc) is 2.44. The molecule has 8 heteroatoms. The number of carbonyl (C=O) groups excluding carboxylic acids is 2. The van der Waals surface area contributed by atoms with Gasteiger partial charge in [0.05, 0.1) is 19.1 Å². The second-order valence-electron chi connectivity index (χ2n) is 3.99. The minimum Gasteiger partial charge on any atom is -0.484 e. The molecule has 0 radical (unpaired) electrons. The Bertz CT molecular complexity index is 502. The molecule has 116 valence electrons. The van der Waals surface area contributed by atoms with Gasteiger partial charge in [-0.2, -0.15) is 13.2 Å². The maximum atomic E-state index is 12.5. The molecular weight excluding hydrogens is 291 g/mol. The topological polar surface area (TPSA) is 64.6 Å². The first-order valence-corrected chi connectivity index (χ1v) is 5.96. The quantitative estimate of drug-likeness (QED) is 0.814. The summed E-state index contributed by atoms with van der Waals surface area (Å²) in [4.78, 5) is 22.2. The number of ether oxygens (including phenoxy) is 2. The van der Waals surface area contributed by atoms with Gasteiger partial charge in [-0.05, 0) is 18.2 Å². The first-order chi connectivity index (χ1) is 9.82. The number of amides is 1. The van der Waals surface area contributed by atoms with E-state index in [9.17, 15) is 22.8 Å². The number of halogens is 3. The molecule has 1 N–H and O–H groups in total. The predicted molar refractivity (Wildman–Crippen MR) is 66.6 cm³/mol. The van der Waals surface area contributed by atoms with Crippen molar-refractivity contribution in [2.45, 2.75) is 12.6 Å². The normalized spacial score (nSPS) is 10.9. The molecule has 0 fully saturated rings. The lowest BCUT2D eigenvalue weighted by Gasteiger charge is -2.10. The zero-order chi connectivity index (χ0) is 15.9. The Morgan fingerprint density at radius 2 is 2.00 bits per heavy atom. The fourth-order valence-electron chi connectivity index (χ4n) is 1.37. The van der Waals surface area contributed by atoms with Crippen molar-refractivity contribution < 1.29 is 32.2 Å². The van der Waals surface area contributed by atoms with E-state index in [2.05, 4.69) is 10.1 Å². The molecule has 1 rings (SSSR count). The summed E-state index contributed by atoms with van der Waals surface area (Å²) in [5.41, 5.74) is -0.855. The molecule has 0 unspecified atom stereocenters. The zero-order valence-electron chi connectivity index (χ0n) is 11.2. The molecule has 0 saturated heterocycles. The van der Waals surface area contributed by atoms with Crippen molar-refractivity contribution in [3.05, 3.63) is 29.8 Å². The van der Waals surface area contributed by atoms with Crippen LogP contribution >= 0.6 is 0 Å². The highest BCUT2D eigenvalue weighted by Gasteiger charge is 2.30. The molecule has 0 saturated carbocycles. The second kappa shape index (κ2) is 7.51. The van der Waals surface area contributed by atoms with E-state index in [0.29, 0.717) is 0 Å². The number of alkyl halides is 3. The summed E-state index contributed by atoms with van der Waals surface area (Å²) in [5, 5.41) is 2.38. The molecule has 1 amide bonds. The molecular formula is C13H14F3NO4. The van der Waals surface area contributed by atoms with Gasteiger partial charge in [0.1, 0.15) is 5.75 Å². The summed E-state index contributed by atoms with van der Waals surface area (Å²) in [6.45, 7) is -0.375. The number of nitrogens with one attached hydrogen (secondary N) is 1. The highest BCUT2D eigenvalue weighted by molar-refractivity contribution is 5.78. The van der Waals surface area contributed by atoms with Crippen molar-refractivity contribution in [3.63, 3.8) is 0 Å². The standard InChI is InChI=1S/C13H14F3NO4/c1-20-12(19)5-6-17-11(18)8-21-10-4-2-3-9(7-10)13(14,15)16/h2-4,7H,5-6,8H2,1H3,(H,17,18). The molecule has 1 aromatic carbocycles. The lowest BCUT2D eigenvalue weighted by Crippen LogP contribution is -2.30. The first kappa shape index (κ1) is 16.8. The van der Waals surface area contributed by atoms with Crippen LogP contribution in [0.1, 0.15) is 12.0 Å². The van der Waals surface area contributed by atoms with Gasteiger partial charge in [0, 0.05) is 6.54 Å². The molecule has 1 aromatic rings. The van der Waals surface area contributed by atoms with Gasteiger partial charge in [-0.15, -0.1) is 0 Å². The minimum absolute atomic E-state index is 0.00575. The van der Waals surface area contributed by atoms with E-state index in [1.807, 2.05) is 0 Å². The number of rotatable bonds is 6. The molecule has 0 aliphatic carbocycles. The zero-order valence-corrected chi connectivity index (χ0v) is 11.2. The van der Waals surface area contributed by atoms with Crippen LogP contribution in [-0.4, -0.2) is 32.1 Å². The Morgan fingerprint density at radius 1 is 1.29 bits per heavy atom. The molecule has 0 bridgehead atoms. The Hall–Kier alpha value is -2.25. The van der Waals surface area contributed by atoms with Gasteiger partial charge in [0.2, 0.25) is 0 Å². The third-order valence-corrected chi connectivity index (χ3v) is 2.41. The van der Waals surface area contributed by atoms with Crippen molar-refractivity contribution in [2.75, 3.05) is 20.3 Å². The Labute approximate surface area is 119 Å². The highest BCUT2D eigenvalue weighted by Crippen LogP contribution is 2.31. The van der Waals surface area contributed by atoms with Crippen LogP contribution in [0.25, 0.3) is 0 Å². The number of benzene rings is 1. The predicted octanol–water partition coefficient (Wildman–Crippen LogP) is 1.76. The van der Waals surface area contributed by atoms with Crippen molar-refractivity contribution >= 4 is 11.9 Å². The van der Waals surface area contributed by atoms with Crippen LogP contribution in [0.15, 0.2) is 24.3 Å². The van der Waals surface area contributed by atoms with Crippen LogP contribution in [0.2, 0.25) is 0 Å². The maximum Gasteiger partial charge on any atom is 0.416 e. The van der Waals surface area contributed by atoms with Crippen molar-refractivity contribution in [3.8, 4) is 5.75 Å². The molecule has 0 spiro atoms. The first-order valence-electron chi connectivity index (χ1n) is 5.96. The third kappa shape index (κ3) is 6.15. The van der Waals surface area contributed by atoms with Gasteiger partial charge < -0.3 is 14.8 Å². The van der Waals surface area contributed by atoms with Crippen LogP contribution in [0.5, 0.6) is 5.75 Å². The number of methoxy groups -OCH3 is 1. The molecule has 0 heterocycles. The molecule has 5 nitrogen and oxygen atoms in total. The van der Waals surface area contributed by atoms with Crippen molar-refractivity contribution in [2.24, 2.45) is 0 Å².